The summed E-state index contributed by atoms with van der Waals surface area (Å²) in [4.78, 5) is 10.3. The summed E-state index contributed by atoms with van der Waals surface area (Å²) in [6.07, 6.45) is 9.14. The van der Waals surface area contributed by atoms with Crippen molar-refractivity contribution in [1.82, 2.24) is 0 Å². The summed E-state index contributed by atoms with van der Waals surface area (Å²) in [6, 6.07) is 4.13. The largest absolute Gasteiger partial charge is 0.481 e. The van der Waals surface area contributed by atoms with Gasteiger partial charge in [-0.1, -0.05) is 43.5 Å². The van der Waals surface area contributed by atoms with Crippen LogP contribution in [0.5, 0.6) is 0 Å². The molecule has 0 unspecified atom stereocenters. The number of rotatable bonds is 9. The summed E-state index contributed by atoms with van der Waals surface area (Å²) in [6.45, 7) is 0. The van der Waals surface area contributed by atoms with Gasteiger partial charge in [-0.05, 0) is 25.3 Å². The lowest BCUT2D eigenvalue weighted by Gasteiger charge is -1.99. The number of halogens is 2. The van der Waals surface area contributed by atoms with Crippen LogP contribution < -0.4 is 0 Å². The Hall–Kier alpha value is -1.71. The second-order valence-corrected chi connectivity index (χ2v) is 4.75. The maximum Gasteiger partial charge on any atom is 0.303 e. The van der Waals surface area contributed by atoms with Gasteiger partial charge in [0, 0.05) is 12.0 Å². The van der Waals surface area contributed by atoms with E-state index in [9.17, 15) is 13.6 Å². The van der Waals surface area contributed by atoms with Gasteiger partial charge in [0.1, 0.15) is 0 Å². The minimum atomic E-state index is -0.828. The van der Waals surface area contributed by atoms with Crippen LogP contribution in [0.1, 0.15) is 50.5 Å². The van der Waals surface area contributed by atoms with Crippen LogP contribution in [-0.2, 0) is 4.79 Å². The Balaban J connectivity index is 2.13. The molecule has 0 aliphatic carbocycles. The number of unbranched alkanes of at least 4 members (excludes halogenated alkanes) is 5. The topological polar surface area (TPSA) is 37.3 Å². The fourth-order valence-corrected chi connectivity index (χ4v) is 1.93. The zero-order valence-corrected chi connectivity index (χ0v) is 11.4. The van der Waals surface area contributed by atoms with Crippen molar-refractivity contribution in [3.05, 3.63) is 41.5 Å². The number of allylic oxidation sites excluding steroid dienone is 1. The molecular formula is C16H20F2O2. The van der Waals surface area contributed by atoms with Crippen molar-refractivity contribution < 1.29 is 18.7 Å². The molecule has 0 heterocycles. The van der Waals surface area contributed by atoms with Crippen LogP contribution in [0.2, 0.25) is 0 Å². The predicted octanol–water partition coefficient (Wildman–Crippen LogP) is 4.79. The summed E-state index contributed by atoms with van der Waals surface area (Å²) in [5.74, 6) is -2.38. The minimum absolute atomic E-state index is 0.235. The van der Waals surface area contributed by atoms with Gasteiger partial charge < -0.3 is 5.11 Å². The van der Waals surface area contributed by atoms with Crippen molar-refractivity contribution in [2.75, 3.05) is 0 Å². The molecule has 1 aromatic rings. The molecule has 0 saturated carbocycles. The summed E-state index contributed by atoms with van der Waals surface area (Å²) >= 11 is 0. The Kier molecular flexibility index (Phi) is 7.55. The number of hydrogen-bond acceptors (Lipinski definition) is 1. The number of carboxylic acids is 1. The molecule has 4 heteroatoms. The number of hydrogen-bond donors (Lipinski definition) is 1. The fourth-order valence-electron chi connectivity index (χ4n) is 1.93. The maximum absolute atomic E-state index is 13.3. The van der Waals surface area contributed by atoms with Crippen molar-refractivity contribution in [2.45, 2.75) is 44.9 Å². The van der Waals surface area contributed by atoms with Crippen LogP contribution in [0.3, 0.4) is 0 Å². The third-order valence-corrected chi connectivity index (χ3v) is 3.04. The zero-order valence-electron chi connectivity index (χ0n) is 11.4. The minimum Gasteiger partial charge on any atom is -0.481 e. The molecule has 0 aromatic heterocycles. The first-order valence-electron chi connectivity index (χ1n) is 6.93. The second-order valence-electron chi connectivity index (χ2n) is 4.75. The van der Waals surface area contributed by atoms with E-state index in [4.69, 9.17) is 5.11 Å². The summed E-state index contributed by atoms with van der Waals surface area (Å²) < 4.78 is 26.2. The van der Waals surface area contributed by atoms with Crippen molar-refractivity contribution in [1.29, 1.82) is 0 Å². The first-order valence-corrected chi connectivity index (χ1v) is 6.93. The molecule has 0 radical (unpaired) electrons. The van der Waals surface area contributed by atoms with Crippen molar-refractivity contribution in [3.63, 3.8) is 0 Å². The molecule has 0 spiro atoms. The quantitative estimate of drug-likeness (QED) is 0.661. The molecule has 1 rings (SSSR count). The molecule has 0 aliphatic rings. The Labute approximate surface area is 118 Å². The Morgan fingerprint density at radius 2 is 1.80 bits per heavy atom. The maximum atomic E-state index is 13.3. The molecule has 2 nitrogen and oxygen atoms in total. The molecule has 0 bridgehead atoms. The van der Waals surface area contributed by atoms with Gasteiger partial charge in [0.25, 0.3) is 0 Å². The van der Waals surface area contributed by atoms with E-state index in [-0.39, 0.29) is 12.0 Å². The van der Waals surface area contributed by atoms with Gasteiger partial charge in [-0.2, -0.15) is 0 Å². The van der Waals surface area contributed by atoms with Gasteiger partial charge in [-0.3, -0.25) is 4.79 Å². The van der Waals surface area contributed by atoms with E-state index in [0.717, 1.165) is 44.6 Å². The zero-order chi connectivity index (χ0) is 14.8. The molecule has 0 fully saturated rings. The van der Waals surface area contributed by atoms with Crippen LogP contribution in [0, 0.1) is 11.6 Å². The number of aliphatic carboxylic acids is 1. The van der Waals surface area contributed by atoms with Crippen molar-refractivity contribution >= 4 is 12.0 Å². The lowest BCUT2D eigenvalue weighted by Crippen LogP contribution is -1.93. The molecule has 0 saturated heterocycles. The SMILES string of the molecule is O=C(O)CCCCCCC/C=C/c1cccc(F)c1F. The van der Waals surface area contributed by atoms with E-state index in [1.165, 1.54) is 6.07 Å². The Morgan fingerprint density at radius 3 is 2.55 bits per heavy atom. The van der Waals surface area contributed by atoms with Crippen LogP contribution in [0.15, 0.2) is 24.3 Å². The first kappa shape index (κ1) is 16.3. The first-order chi connectivity index (χ1) is 9.61. The Morgan fingerprint density at radius 1 is 1.10 bits per heavy atom. The standard InChI is InChI=1S/C16H20F2O2/c17-14-11-8-10-13(16(14)18)9-6-4-2-1-3-5-7-12-15(19)20/h6,8-11H,1-5,7,12H2,(H,19,20)/b9-6+. The second kappa shape index (κ2) is 9.23. The average Bonchev–Trinajstić information content (AvgIpc) is 2.41. The molecule has 110 valence electrons. The normalized spacial score (nSPS) is 11.1. The van der Waals surface area contributed by atoms with E-state index in [0.29, 0.717) is 0 Å². The third-order valence-electron chi connectivity index (χ3n) is 3.04. The predicted molar refractivity (Wildman–Crippen MR) is 75.3 cm³/mol. The number of benzene rings is 1. The van der Waals surface area contributed by atoms with Crippen molar-refractivity contribution in [2.24, 2.45) is 0 Å². The van der Waals surface area contributed by atoms with E-state index in [2.05, 4.69) is 0 Å². The molecule has 0 atom stereocenters. The smallest absolute Gasteiger partial charge is 0.303 e. The molecule has 0 aliphatic heterocycles. The molecule has 20 heavy (non-hydrogen) atoms. The lowest BCUT2D eigenvalue weighted by molar-refractivity contribution is -0.137. The highest BCUT2D eigenvalue weighted by Gasteiger charge is 2.03. The van der Waals surface area contributed by atoms with E-state index in [1.54, 1.807) is 12.1 Å². The summed E-state index contributed by atoms with van der Waals surface area (Å²) in [5.41, 5.74) is 0.270. The monoisotopic (exact) mass is 282 g/mol. The van der Waals surface area contributed by atoms with Gasteiger partial charge >= 0.3 is 5.97 Å². The highest BCUT2D eigenvalue weighted by Crippen LogP contribution is 2.14. The van der Waals surface area contributed by atoms with Gasteiger partial charge in [0.15, 0.2) is 11.6 Å². The van der Waals surface area contributed by atoms with Gasteiger partial charge in [-0.25, -0.2) is 8.78 Å². The fraction of sp³-hybridized carbons (Fsp3) is 0.438. The molecule has 0 amide bonds. The molecular weight excluding hydrogens is 262 g/mol. The van der Waals surface area contributed by atoms with E-state index >= 15 is 0 Å². The van der Waals surface area contributed by atoms with Gasteiger partial charge in [0.2, 0.25) is 0 Å². The lowest BCUT2D eigenvalue weighted by atomic mass is 10.1. The number of carboxylic acid groups (broad SMARTS) is 1. The van der Waals surface area contributed by atoms with E-state index < -0.39 is 17.6 Å². The summed E-state index contributed by atoms with van der Waals surface area (Å²) in [5, 5.41) is 8.47. The van der Waals surface area contributed by atoms with Crippen molar-refractivity contribution in [3.8, 4) is 0 Å². The Bertz CT molecular complexity index is 456. The molecule has 1 N–H and O–H groups in total. The number of carbonyl (C=O) groups is 1. The van der Waals surface area contributed by atoms with Crippen LogP contribution in [0.25, 0.3) is 6.08 Å². The van der Waals surface area contributed by atoms with E-state index in [1.807, 2.05) is 6.08 Å². The molecule has 1 aromatic carbocycles. The average molecular weight is 282 g/mol. The van der Waals surface area contributed by atoms with Crippen LogP contribution >= 0.6 is 0 Å². The van der Waals surface area contributed by atoms with Crippen LogP contribution in [0.4, 0.5) is 8.78 Å². The van der Waals surface area contributed by atoms with Crippen LogP contribution in [-0.4, -0.2) is 11.1 Å². The highest BCUT2D eigenvalue weighted by molar-refractivity contribution is 5.66. The highest BCUT2D eigenvalue weighted by atomic mass is 19.2. The summed E-state index contributed by atoms with van der Waals surface area (Å²) in [7, 11) is 0. The third kappa shape index (κ3) is 6.45. The van der Waals surface area contributed by atoms with Gasteiger partial charge in [-0.15, -0.1) is 0 Å². The van der Waals surface area contributed by atoms with Gasteiger partial charge in [0.05, 0.1) is 0 Å².